The fraction of sp³-hybridized carbons (Fsp3) is 0.583. The van der Waals surface area contributed by atoms with Gasteiger partial charge in [-0.25, -0.2) is 0 Å². The molecule has 88 valence electrons. The average Bonchev–Trinajstić information content (AvgIpc) is 2.67. The minimum absolute atomic E-state index is 0.139. The van der Waals surface area contributed by atoms with Crippen molar-refractivity contribution in [3.63, 3.8) is 0 Å². The van der Waals surface area contributed by atoms with Crippen molar-refractivity contribution in [3.05, 3.63) is 23.5 Å². The van der Waals surface area contributed by atoms with E-state index in [0.717, 1.165) is 25.0 Å². The van der Waals surface area contributed by atoms with Gasteiger partial charge in [-0.2, -0.15) is 0 Å². The summed E-state index contributed by atoms with van der Waals surface area (Å²) < 4.78 is 5.69. The highest BCUT2D eigenvalue weighted by atomic mass is 16.5. The molecule has 0 amide bonds. The fourth-order valence-electron chi connectivity index (χ4n) is 2.03. The lowest BCUT2D eigenvalue weighted by Crippen LogP contribution is -2.26. The molecule has 1 saturated carbocycles. The SMILES string of the molecule is Cc1ccc(OC2CCCC2O)c(CO)n1. The summed E-state index contributed by atoms with van der Waals surface area (Å²) in [5.41, 5.74) is 1.39. The van der Waals surface area contributed by atoms with Crippen LogP contribution >= 0.6 is 0 Å². The molecule has 2 rings (SSSR count). The van der Waals surface area contributed by atoms with Gasteiger partial charge in [-0.3, -0.25) is 4.98 Å². The van der Waals surface area contributed by atoms with Crippen LogP contribution in [0.1, 0.15) is 30.7 Å². The minimum atomic E-state index is -0.396. The lowest BCUT2D eigenvalue weighted by atomic mass is 10.2. The summed E-state index contributed by atoms with van der Waals surface area (Å²) >= 11 is 0. The molecule has 2 atom stereocenters. The van der Waals surface area contributed by atoms with Crippen LogP contribution < -0.4 is 4.74 Å². The number of aliphatic hydroxyl groups is 2. The molecule has 1 aliphatic rings. The number of aliphatic hydroxyl groups excluding tert-OH is 2. The lowest BCUT2D eigenvalue weighted by Gasteiger charge is -2.18. The van der Waals surface area contributed by atoms with Crippen molar-refractivity contribution in [2.75, 3.05) is 0 Å². The van der Waals surface area contributed by atoms with Gasteiger partial charge < -0.3 is 14.9 Å². The Balaban J connectivity index is 2.14. The number of aromatic nitrogens is 1. The molecule has 1 heterocycles. The predicted molar refractivity (Wildman–Crippen MR) is 59.2 cm³/mol. The van der Waals surface area contributed by atoms with E-state index in [9.17, 15) is 10.2 Å². The van der Waals surface area contributed by atoms with E-state index in [1.165, 1.54) is 0 Å². The minimum Gasteiger partial charge on any atom is -0.486 e. The van der Waals surface area contributed by atoms with Crippen molar-refractivity contribution >= 4 is 0 Å². The molecule has 0 aromatic carbocycles. The summed E-state index contributed by atoms with van der Waals surface area (Å²) in [7, 11) is 0. The standard InChI is InChI=1S/C12H17NO3/c1-8-5-6-11(9(7-14)13-8)16-12-4-2-3-10(12)15/h5-6,10,12,14-15H,2-4,7H2,1H3. The second-order valence-corrected chi connectivity index (χ2v) is 4.21. The van der Waals surface area contributed by atoms with E-state index in [2.05, 4.69) is 4.98 Å². The highest BCUT2D eigenvalue weighted by molar-refractivity contribution is 5.29. The molecule has 1 fully saturated rings. The summed E-state index contributed by atoms with van der Waals surface area (Å²) in [6.45, 7) is 1.73. The van der Waals surface area contributed by atoms with Gasteiger partial charge in [-0.1, -0.05) is 0 Å². The number of ether oxygens (including phenoxy) is 1. The Morgan fingerprint density at radius 2 is 2.25 bits per heavy atom. The van der Waals surface area contributed by atoms with Crippen LogP contribution in [-0.4, -0.2) is 27.4 Å². The maximum Gasteiger partial charge on any atom is 0.143 e. The smallest absolute Gasteiger partial charge is 0.143 e. The molecular weight excluding hydrogens is 206 g/mol. The first-order chi connectivity index (χ1) is 7.70. The van der Waals surface area contributed by atoms with Gasteiger partial charge in [0.1, 0.15) is 17.5 Å². The second kappa shape index (κ2) is 4.80. The molecule has 0 saturated heterocycles. The largest absolute Gasteiger partial charge is 0.486 e. The summed E-state index contributed by atoms with van der Waals surface area (Å²) in [4.78, 5) is 4.20. The summed E-state index contributed by atoms with van der Waals surface area (Å²) in [5.74, 6) is 0.582. The Kier molecular flexibility index (Phi) is 3.41. The number of nitrogens with zero attached hydrogens (tertiary/aromatic N) is 1. The third-order valence-corrected chi connectivity index (χ3v) is 2.92. The average molecular weight is 223 g/mol. The maximum absolute atomic E-state index is 9.66. The second-order valence-electron chi connectivity index (χ2n) is 4.21. The van der Waals surface area contributed by atoms with Gasteiger partial charge in [0.25, 0.3) is 0 Å². The molecule has 0 spiro atoms. The quantitative estimate of drug-likeness (QED) is 0.807. The van der Waals surface area contributed by atoms with Gasteiger partial charge in [-0.15, -0.1) is 0 Å². The van der Waals surface area contributed by atoms with Crippen LogP contribution in [0.3, 0.4) is 0 Å². The normalized spacial score (nSPS) is 24.7. The van der Waals surface area contributed by atoms with Crippen molar-refractivity contribution in [1.82, 2.24) is 4.98 Å². The van der Waals surface area contributed by atoms with E-state index in [0.29, 0.717) is 11.4 Å². The van der Waals surface area contributed by atoms with Crippen LogP contribution in [0.2, 0.25) is 0 Å². The topological polar surface area (TPSA) is 62.6 Å². The summed E-state index contributed by atoms with van der Waals surface area (Å²) in [6, 6.07) is 3.65. The predicted octanol–water partition coefficient (Wildman–Crippen LogP) is 1.17. The third-order valence-electron chi connectivity index (χ3n) is 2.92. The molecule has 4 heteroatoms. The van der Waals surface area contributed by atoms with Crippen molar-refractivity contribution in [1.29, 1.82) is 0 Å². The number of rotatable bonds is 3. The molecule has 4 nitrogen and oxygen atoms in total. The highest BCUT2D eigenvalue weighted by Gasteiger charge is 2.27. The first kappa shape index (κ1) is 11.4. The zero-order valence-corrected chi connectivity index (χ0v) is 9.39. The van der Waals surface area contributed by atoms with Crippen molar-refractivity contribution < 1.29 is 14.9 Å². The highest BCUT2D eigenvalue weighted by Crippen LogP contribution is 2.26. The third kappa shape index (κ3) is 2.33. The Morgan fingerprint density at radius 3 is 2.88 bits per heavy atom. The molecular formula is C12H17NO3. The van der Waals surface area contributed by atoms with Crippen molar-refractivity contribution in [2.45, 2.75) is 45.0 Å². The number of aryl methyl sites for hydroxylation is 1. The van der Waals surface area contributed by atoms with Crippen molar-refractivity contribution in [3.8, 4) is 5.75 Å². The molecule has 0 aliphatic heterocycles. The monoisotopic (exact) mass is 223 g/mol. The first-order valence-electron chi connectivity index (χ1n) is 5.63. The Labute approximate surface area is 94.9 Å². The van der Waals surface area contributed by atoms with Crippen LogP contribution in [0.25, 0.3) is 0 Å². The number of pyridine rings is 1. The van der Waals surface area contributed by atoms with E-state index < -0.39 is 6.10 Å². The number of hydrogen-bond acceptors (Lipinski definition) is 4. The van der Waals surface area contributed by atoms with E-state index in [1.54, 1.807) is 6.07 Å². The van der Waals surface area contributed by atoms with Gasteiger partial charge in [0.2, 0.25) is 0 Å². The molecule has 2 unspecified atom stereocenters. The number of hydrogen-bond donors (Lipinski definition) is 2. The lowest BCUT2D eigenvalue weighted by molar-refractivity contribution is 0.0584. The molecule has 2 N–H and O–H groups in total. The van der Waals surface area contributed by atoms with Gasteiger partial charge in [0.15, 0.2) is 0 Å². The first-order valence-corrected chi connectivity index (χ1v) is 5.63. The molecule has 1 aromatic rings. The fourth-order valence-corrected chi connectivity index (χ4v) is 2.03. The van der Waals surface area contributed by atoms with Crippen LogP contribution in [0.5, 0.6) is 5.75 Å². The summed E-state index contributed by atoms with van der Waals surface area (Å²) in [5, 5.41) is 18.8. The molecule has 0 bridgehead atoms. The van der Waals surface area contributed by atoms with E-state index in [-0.39, 0.29) is 12.7 Å². The maximum atomic E-state index is 9.66. The zero-order chi connectivity index (χ0) is 11.5. The Bertz CT molecular complexity index is 367. The van der Waals surface area contributed by atoms with Crippen LogP contribution in [0.4, 0.5) is 0 Å². The van der Waals surface area contributed by atoms with Gasteiger partial charge in [-0.05, 0) is 38.3 Å². The van der Waals surface area contributed by atoms with Gasteiger partial charge >= 0.3 is 0 Å². The molecule has 1 aromatic heterocycles. The van der Waals surface area contributed by atoms with Crippen molar-refractivity contribution in [2.24, 2.45) is 0 Å². The van der Waals surface area contributed by atoms with Gasteiger partial charge in [0, 0.05) is 5.69 Å². The van der Waals surface area contributed by atoms with E-state index in [1.807, 2.05) is 13.0 Å². The van der Waals surface area contributed by atoms with Gasteiger partial charge in [0.05, 0.1) is 12.7 Å². The molecule has 1 aliphatic carbocycles. The van der Waals surface area contributed by atoms with Crippen LogP contribution in [-0.2, 0) is 6.61 Å². The zero-order valence-electron chi connectivity index (χ0n) is 9.39. The Morgan fingerprint density at radius 1 is 1.44 bits per heavy atom. The molecule has 0 radical (unpaired) electrons. The van der Waals surface area contributed by atoms with E-state index in [4.69, 9.17) is 4.74 Å². The summed E-state index contributed by atoms with van der Waals surface area (Å²) in [6.07, 6.45) is 2.08. The van der Waals surface area contributed by atoms with Crippen LogP contribution in [0.15, 0.2) is 12.1 Å². The molecule has 16 heavy (non-hydrogen) atoms. The van der Waals surface area contributed by atoms with E-state index >= 15 is 0 Å². The van der Waals surface area contributed by atoms with Crippen LogP contribution in [0, 0.1) is 6.92 Å². The Hall–Kier alpha value is -1.13.